The Hall–Kier alpha value is -0.930. The van der Waals surface area contributed by atoms with Crippen molar-refractivity contribution in [1.29, 1.82) is 0 Å². The standard InChI is InChI=1S/C15H16BrFN2O3S2/c1-2-3-14(20)18-15-19(11-5-4-9(16)6-10(11)17)12-7-24(21,22)8-13(12)23-15/h4-6,12-13H,2-3,7-8H2,1H3. The molecule has 1 amide bonds. The van der Waals surface area contributed by atoms with Crippen molar-refractivity contribution < 1.29 is 17.6 Å². The van der Waals surface area contributed by atoms with E-state index in [1.165, 1.54) is 17.8 Å². The zero-order valence-electron chi connectivity index (χ0n) is 12.9. The average molecular weight is 435 g/mol. The molecule has 0 spiro atoms. The number of fused-ring (bicyclic) bond motifs is 1. The molecular weight excluding hydrogens is 419 g/mol. The van der Waals surface area contributed by atoms with Crippen LogP contribution in [0, 0.1) is 5.82 Å². The molecule has 0 aliphatic carbocycles. The third-order valence-electron chi connectivity index (χ3n) is 3.92. The van der Waals surface area contributed by atoms with E-state index in [1.54, 1.807) is 17.0 Å². The number of nitrogens with zero attached hydrogens (tertiary/aromatic N) is 2. The van der Waals surface area contributed by atoms with Crippen LogP contribution in [0.15, 0.2) is 27.7 Å². The highest BCUT2D eigenvalue weighted by molar-refractivity contribution is 9.10. The Morgan fingerprint density at radius 3 is 2.88 bits per heavy atom. The molecule has 130 valence electrons. The zero-order valence-corrected chi connectivity index (χ0v) is 16.1. The van der Waals surface area contributed by atoms with Gasteiger partial charge in [-0.05, 0) is 24.6 Å². The van der Waals surface area contributed by atoms with Gasteiger partial charge in [-0.1, -0.05) is 34.6 Å². The van der Waals surface area contributed by atoms with E-state index in [-0.39, 0.29) is 28.4 Å². The van der Waals surface area contributed by atoms with Crippen LogP contribution in [0.25, 0.3) is 0 Å². The Morgan fingerprint density at radius 1 is 1.46 bits per heavy atom. The summed E-state index contributed by atoms with van der Waals surface area (Å²) in [5.41, 5.74) is 0.248. The smallest absolute Gasteiger partial charge is 0.248 e. The number of thioether (sulfide) groups is 1. The van der Waals surface area contributed by atoms with Crippen molar-refractivity contribution in [3.05, 3.63) is 28.5 Å². The van der Waals surface area contributed by atoms with Crippen molar-refractivity contribution in [2.75, 3.05) is 16.4 Å². The van der Waals surface area contributed by atoms with Crippen molar-refractivity contribution >= 4 is 54.3 Å². The summed E-state index contributed by atoms with van der Waals surface area (Å²) < 4.78 is 38.9. The van der Waals surface area contributed by atoms with Gasteiger partial charge in [0.25, 0.3) is 0 Å². The molecule has 1 aromatic rings. The van der Waals surface area contributed by atoms with Crippen LogP contribution >= 0.6 is 27.7 Å². The third kappa shape index (κ3) is 3.52. The second-order valence-corrected chi connectivity index (χ2v) is 10.1. The number of amidine groups is 1. The molecular formula is C15H16BrFN2O3S2. The van der Waals surface area contributed by atoms with E-state index in [4.69, 9.17) is 0 Å². The summed E-state index contributed by atoms with van der Waals surface area (Å²) in [6.45, 7) is 1.88. The molecule has 0 bridgehead atoms. The van der Waals surface area contributed by atoms with Gasteiger partial charge < -0.3 is 4.90 Å². The molecule has 2 atom stereocenters. The highest BCUT2D eigenvalue weighted by atomic mass is 79.9. The summed E-state index contributed by atoms with van der Waals surface area (Å²) in [4.78, 5) is 17.6. The predicted octanol–water partition coefficient (Wildman–Crippen LogP) is 2.99. The van der Waals surface area contributed by atoms with Gasteiger partial charge in [-0.25, -0.2) is 12.8 Å². The number of sulfone groups is 1. The Kier molecular flexibility index (Phi) is 5.04. The quantitative estimate of drug-likeness (QED) is 0.731. The first kappa shape index (κ1) is 17.9. The molecule has 2 aliphatic heterocycles. The summed E-state index contributed by atoms with van der Waals surface area (Å²) in [6.07, 6.45) is 0.989. The van der Waals surface area contributed by atoms with E-state index in [0.29, 0.717) is 22.5 Å². The number of hydrogen-bond acceptors (Lipinski definition) is 4. The Balaban J connectivity index is 2.03. The highest BCUT2D eigenvalue weighted by Gasteiger charge is 2.49. The first-order valence-corrected chi connectivity index (χ1v) is 11.0. The number of carbonyl (C=O) groups is 1. The first-order valence-electron chi connectivity index (χ1n) is 7.53. The van der Waals surface area contributed by atoms with Crippen LogP contribution < -0.4 is 4.90 Å². The van der Waals surface area contributed by atoms with Gasteiger partial charge in [0.2, 0.25) is 5.91 Å². The molecule has 24 heavy (non-hydrogen) atoms. The minimum Gasteiger partial charge on any atom is -0.313 e. The maximum Gasteiger partial charge on any atom is 0.248 e. The van der Waals surface area contributed by atoms with Gasteiger partial charge in [0, 0.05) is 16.1 Å². The van der Waals surface area contributed by atoms with Crippen molar-refractivity contribution in [2.45, 2.75) is 31.1 Å². The number of amides is 1. The van der Waals surface area contributed by atoms with Crippen LogP contribution in [0.5, 0.6) is 0 Å². The van der Waals surface area contributed by atoms with E-state index in [9.17, 15) is 17.6 Å². The van der Waals surface area contributed by atoms with Crippen LogP contribution in [-0.2, 0) is 14.6 Å². The van der Waals surface area contributed by atoms with Gasteiger partial charge in [0.05, 0.1) is 23.2 Å². The van der Waals surface area contributed by atoms with Gasteiger partial charge in [-0.15, -0.1) is 0 Å². The summed E-state index contributed by atoms with van der Waals surface area (Å²) in [7, 11) is -3.16. The molecule has 0 aromatic heterocycles. The number of carbonyl (C=O) groups excluding carboxylic acids is 1. The van der Waals surface area contributed by atoms with Crippen LogP contribution in [0.4, 0.5) is 10.1 Å². The molecule has 0 N–H and O–H groups in total. The van der Waals surface area contributed by atoms with Gasteiger partial charge in [-0.3, -0.25) is 4.79 Å². The van der Waals surface area contributed by atoms with Crippen LogP contribution in [0.2, 0.25) is 0 Å². The predicted molar refractivity (Wildman–Crippen MR) is 97.7 cm³/mol. The lowest BCUT2D eigenvalue weighted by atomic mass is 10.2. The van der Waals surface area contributed by atoms with Gasteiger partial charge >= 0.3 is 0 Å². The minimum atomic E-state index is -3.16. The summed E-state index contributed by atoms with van der Waals surface area (Å²) in [6, 6.07) is 4.18. The zero-order chi connectivity index (χ0) is 17.5. The SMILES string of the molecule is CCCC(=O)N=C1SC2CS(=O)(=O)CC2N1c1ccc(Br)cc1F. The lowest BCUT2D eigenvalue weighted by Gasteiger charge is -2.25. The Labute approximate surface area is 152 Å². The van der Waals surface area contributed by atoms with Gasteiger partial charge in [0.15, 0.2) is 15.0 Å². The fraction of sp³-hybridized carbons (Fsp3) is 0.467. The summed E-state index contributed by atoms with van der Waals surface area (Å²) in [5, 5.41) is 0.158. The second kappa shape index (κ2) is 6.76. The van der Waals surface area contributed by atoms with Crippen molar-refractivity contribution in [1.82, 2.24) is 0 Å². The number of halogens is 2. The number of rotatable bonds is 3. The highest BCUT2D eigenvalue weighted by Crippen LogP contribution is 2.42. The lowest BCUT2D eigenvalue weighted by molar-refractivity contribution is -0.117. The lowest BCUT2D eigenvalue weighted by Crippen LogP contribution is -2.38. The molecule has 0 saturated carbocycles. The topological polar surface area (TPSA) is 66.8 Å². The fourth-order valence-corrected chi connectivity index (χ4v) is 7.16. The van der Waals surface area contributed by atoms with E-state index < -0.39 is 21.7 Å². The normalized spacial score (nSPS) is 26.8. The van der Waals surface area contributed by atoms with Gasteiger partial charge in [0.1, 0.15) is 5.82 Å². The van der Waals surface area contributed by atoms with E-state index in [0.717, 1.165) is 0 Å². The maximum atomic E-state index is 14.4. The Morgan fingerprint density at radius 2 is 2.21 bits per heavy atom. The molecule has 2 fully saturated rings. The molecule has 2 unspecified atom stereocenters. The summed E-state index contributed by atoms with van der Waals surface area (Å²) in [5.74, 6) is -0.782. The minimum absolute atomic E-state index is 0.0258. The summed E-state index contributed by atoms with van der Waals surface area (Å²) >= 11 is 4.46. The van der Waals surface area contributed by atoms with Crippen molar-refractivity contribution in [2.24, 2.45) is 4.99 Å². The number of benzene rings is 1. The van der Waals surface area contributed by atoms with Crippen LogP contribution in [-0.4, -0.2) is 42.3 Å². The third-order valence-corrected chi connectivity index (χ3v) is 7.62. The Bertz CT molecular complexity index is 813. The average Bonchev–Trinajstić information content (AvgIpc) is 2.91. The fourth-order valence-electron chi connectivity index (χ4n) is 2.90. The molecule has 0 radical (unpaired) electrons. The largest absolute Gasteiger partial charge is 0.313 e. The molecule has 2 heterocycles. The first-order chi connectivity index (χ1) is 11.3. The van der Waals surface area contributed by atoms with Gasteiger partial charge in [-0.2, -0.15) is 4.99 Å². The van der Waals surface area contributed by atoms with E-state index in [2.05, 4.69) is 20.9 Å². The monoisotopic (exact) mass is 434 g/mol. The molecule has 2 saturated heterocycles. The molecule has 2 aliphatic rings. The van der Waals surface area contributed by atoms with E-state index >= 15 is 0 Å². The van der Waals surface area contributed by atoms with E-state index in [1.807, 2.05) is 6.92 Å². The molecule has 5 nitrogen and oxygen atoms in total. The number of anilines is 1. The van der Waals surface area contributed by atoms with Crippen molar-refractivity contribution in [3.63, 3.8) is 0 Å². The second-order valence-electron chi connectivity index (χ2n) is 5.80. The molecule has 1 aromatic carbocycles. The van der Waals surface area contributed by atoms with Crippen LogP contribution in [0.3, 0.4) is 0 Å². The molecule has 3 rings (SSSR count). The van der Waals surface area contributed by atoms with Crippen LogP contribution in [0.1, 0.15) is 19.8 Å². The number of aliphatic imine (C=N–C) groups is 1. The van der Waals surface area contributed by atoms with Crippen molar-refractivity contribution in [3.8, 4) is 0 Å². The molecule has 9 heteroatoms. The maximum absolute atomic E-state index is 14.4. The number of hydrogen-bond donors (Lipinski definition) is 0.